The molecule has 1 unspecified atom stereocenters. The summed E-state index contributed by atoms with van der Waals surface area (Å²) >= 11 is 0. The van der Waals surface area contributed by atoms with Crippen LogP contribution in [0.15, 0.2) is 9.98 Å². The van der Waals surface area contributed by atoms with Crippen molar-refractivity contribution in [2.75, 3.05) is 0 Å². The number of aldehydes is 1. The van der Waals surface area contributed by atoms with E-state index in [1.807, 2.05) is 0 Å². The molecule has 0 aromatic rings. The lowest BCUT2D eigenvalue weighted by Gasteiger charge is -2.13. The van der Waals surface area contributed by atoms with Gasteiger partial charge in [-0.05, 0) is 0 Å². The Bertz CT molecular complexity index is 202. The molecule has 5 heteroatoms. The normalized spacial score (nSPS) is 30.7. The number of carbonyl (C=O) groups is 1. The summed E-state index contributed by atoms with van der Waals surface area (Å²) in [5.74, 6) is -1.86. The molecule has 0 amide bonds. The minimum absolute atomic E-state index is 0.142. The fourth-order valence-electron chi connectivity index (χ4n) is 0.794. The molecule has 0 fully saturated rings. The van der Waals surface area contributed by atoms with E-state index in [2.05, 4.69) is 9.98 Å². The number of alkyl halides is 1. The monoisotopic (exact) mass is 157 g/mol. The van der Waals surface area contributed by atoms with Crippen molar-refractivity contribution in [1.82, 2.24) is 0 Å². The van der Waals surface area contributed by atoms with Crippen molar-refractivity contribution in [1.29, 1.82) is 0 Å². The van der Waals surface area contributed by atoms with Crippen LogP contribution >= 0.6 is 0 Å². The Balaban J connectivity index is 2.54. The average Bonchev–Trinajstić information content (AvgIpc) is 2.36. The summed E-state index contributed by atoms with van der Waals surface area (Å²) in [6.07, 6.45) is 2.49. The fourth-order valence-corrected chi connectivity index (χ4v) is 0.794. The number of rotatable bonds is 3. The Morgan fingerprint density at radius 3 is 3.00 bits per heavy atom. The first-order valence-electron chi connectivity index (χ1n) is 3.14. The quantitative estimate of drug-likeness (QED) is 0.450. The van der Waals surface area contributed by atoms with Crippen LogP contribution in [-0.2, 0) is 4.79 Å². The van der Waals surface area contributed by atoms with E-state index >= 15 is 0 Å². The smallest absolute Gasteiger partial charge is 0.238 e. The molecule has 0 aromatic heterocycles. The lowest BCUT2D eigenvalue weighted by Crippen LogP contribution is -2.33. The van der Waals surface area contributed by atoms with Crippen LogP contribution in [0.4, 0.5) is 4.39 Å². The average molecular weight is 157 g/mol. The minimum atomic E-state index is -1.86. The molecule has 0 saturated heterocycles. The van der Waals surface area contributed by atoms with Crippen molar-refractivity contribution in [3.8, 4) is 0 Å². The molecule has 4 nitrogen and oxygen atoms in total. The van der Waals surface area contributed by atoms with E-state index < -0.39 is 11.8 Å². The zero-order valence-corrected chi connectivity index (χ0v) is 5.77. The van der Waals surface area contributed by atoms with Gasteiger partial charge >= 0.3 is 0 Å². The molecule has 1 heterocycles. The van der Waals surface area contributed by atoms with Crippen molar-refractivity contribution >= 4 is 18.8 Å². The van der Waals surface area contributed by atoms with Gasteiger partial charge in [0.15, 0.2) is 0 Å². The van der Waals surface area contributed by atoms with Crippen LogP contribution in [0.5, 0.6) is 0 Å². The van der Waals surface area contributed by atoms with E-state index in [1.165, 1.54) is 0 Å². The van der Waals surface area contributed by atoms with Crippen molar-refractivity contribution in [3.05, 3.63) is 0 Å². The first-order valence-corrected chi connectivity index (χ1v) is 3.14. The van der Waals surface area contributed by atoms with Crippen LogP contribution in [0, 0.1) is 0 Å². The Kier molecular flexibility index (Phi) is 2.09. The van der Waals surface area contributed by atoms with Crippen LogP contribution in [0.3, 0.4) is 0 Å². The maximum absolute atomic E-state index is 13.2. The van der Waals surface area contributed by atoms with E-state index in [0.29, 0.717) is 6.29 Å². The summed E-state index contributed by atoms with van der Waals surface area (Å²) in [7, 11) is 0. The highest BCUT2D eigenvalue weighted by Crippen LogP contribution is 2.19. The summed E-state index contributed by atoms with van der Waals surface area (Å²) in [6, 6.07) is -0.818. The second kappa shape index (κ2) is 2.87. The number of hydrogen-bond donors (Lipinski definition) is 1. The van der Waals surface area contributed by atoms with Gasteiger partial charge in [-0.15, -0.1) is 0 Å². The maximum atomic E-state index is 13.2. The molecule has 1 aliphatic heterocycles. The zero-order chi connectivity index (χ0) is 8.32. The van der Waals surface area contributed by atoms with Crippen LogP contribution in [0.2, 0.25) is 0 Å². The van der Waals surface area contributed by atoms with E-state index in [-0.39, 0.29) is 6.42 Å². The third kappa shape index (κ3) is 1.91. The Labute approximate surface area is 63.0 Å². The van der Waals surface area contributed by atoms with Gasteiger partial charge in [-0.1, -0.05) is 0 Å². The van der Waals surface area contributed by atoms with Crippen molar-refractivity contribution in [2.24, 2.45) is 15.7 Å². The van der Waals surface area contributed by atoms with Crippen LogP contribution in [-0.4, -0.2) is 30.7 Å². The molecule has 0 aromatic carbocycles. The summed E-state index contributed by atoms with van der Waals surface area (Å²) in [5.41, 5.74) is 5.19. The van der Waals surface area contributed by atoms with Gasteiger partial charge in [-0.3, -0.25) is 0 Å². The highest BCUT2D eigenvalue weighted by atomic mass is 19.1. The van der Waals surface area contributed by atoms with Gasteiger partial charge in [-0.2, -0.15) is 0 Å². The number of nitrogens with two attached hydrogens (primary N) is 1. The molecule has 1 rings (SSSR count). The maximum Gasteiger partial charge on any atom is 0.238 e. The lowest BCUT2D eigenvalue weighted by molar-refractivity contribution is -0.109. The largest absolute Gasteiger partial charge is 0.322 e. The van der Waals surface area contributed by atoms with Crippen molar-refractivity contribution in [3.63, 3.8) is 0 Å². The Morgan fingerprint density at radius 1 is 1.82 bits per heavy atom. The van der Waals surface area contributed by atoms with Crippen LogP contribution in [0.25, 0.3) is 0 Å². The molecule has 2 atom stereocenters. The van der Waals surface area contributed by atoms with E-state index in [9.17, 15) is 9.18 Å². The van der Waals surface area contributed by atoms with Gasteiger partial charge in [0.05, 0.1) is 12.3 Å². The molecule has 2 N–H and O–H groups in total. The van der Waals surface area contributed by atoms with Gasteiger partial charge in [0, 0.05) is 6.42 Å². The fraction of sp³-hybridized carbons (Fsp3) is 0.500. The molecule has 0 aliphatic carbocycles. The molecule has 0 bridgehead atoms. The van der Waals surface area contributed by atoms with Crippen molar-refractivity contribution in [2.45, 2.75) is 18.3 Å². The van der Waals surface area contributed by atoms with Gasteiger partial charge < -0.3 is 10.5 Å². The molecule has 1 aliphatic rings. The van der Waals surface area contributed by atoms with Gasteiger partial charge in [0.1, 0.15) is 12.6 Å². The van der Waals surface area contributed by atoms with Gasteiger partial charge in [0.25, 0.3) is 0 Å². The number of nitrogens with zero attached hydrogens (tertiary/aromatic N) is 2. The van der Waals surface area contributed by atoms with Gasteiger partial charge in [-0.25, -0.2) is 14.4 Å². The number of halogens is 1. The van der Waals surface area contributed by atoms with E-state index in [1.54, 1.807) is 0 Å². The summed E-state index contributed by atoms with van der Waals surface area (Å²) in [4.78, 5) is 16.9. The number of aliphatic imine (C=N–C) groups is 2. The SMILES string of the molecule is N[C@H](C=O)CC1(F)C=NC=N1. The number of hydrogen-bond acceptors (Lipinski definition) is 4. The van der Waals surface area contributed by atoms with E-state index in [4.69, 9.17) is 5.73 Å². The predicted octanol–water partition coefficient (Wildman–Crippen LogP) is -0.319. The summed E-state index contributed by atoms with van der Waals surface area (Å²) < 4.78 is 13.2. The third-order valence-electron chi connectivity index (χ3n) is 1.31. The molecule has 0 spiro atoms. The molecular formula is C6H8FN3O. The Hall–Kier alpha value is -1.10. The minimum Gasteiger partial charge on any atom is -0.322 e. The highest BCUT2D eigenvalue weighted by molar-refractivity contribution is 5.84. The lowest BCUT2D eigenvalue weighted by atomic mass is 10.1. The summed E-state index contributed by atoms with van der Waals surface area (Å²) in [5, 5.41) is 0. The van der Waals surface area contributed by atoms with Gasteiger partial charge in [0.2, 0.25) is 5.79 Å². The zero-order valence-electron chi connectivity index (χ0n) is 5.77. The topological polar surface area (TPSA) is 67.8 Å². The second-order valence-electron chi connectivity index (χ2n) is 2.35. The van der Waals surface area contributed by atoms with Crippen LogP contribution < -0.4 is 5.73 Å². The van der Waals surface area contributed by atoms with Crippen LogP contribution in [0.1, 0.15) is 6.42 Å². The third-order valence-corrected chi connectivity index (χ3v) is 1.31. The second-order valence-corrected chi connectivity index (χ2v) is 2.35. The molecule has 0 radical (unpaired) electrons. The summed E-state index contributed by atoms with van der Waals surface area (Å²) in [6.45, 7) is 0. The number of carbonyl (C=O) groups excluding carboxylic acids is 1. The molecule has 60 valence electrons. The predicted molar refractivity (Wildman–Crippen MR) is 39.5 cm³/mol. The highest BCUT2D eigenvalue weighted by Gasteiger charge is 2.30. The molecule has 0 saturated carbocycles. The van der Waals surface area contributed by atoms with E-state index in [0.717, 1.165) is 12.6 Å². The van der Waals surface area contributed by atoms with Crippen molar-refractivity contribution < 1.29 is 9.18 Å². The molecule has 11 heavy (non-hydrogen) atoms. The standard InChI is InChI=1S/C6H8FN3O/c7-6(1-5(8)2-11)3-9-4-10-6/h2-5H,1,8H2/t5-,6?/m0/s1. The first kappa shape index (κ1) is 8.00. The Morgan fingerprint density at radius 2 is 2.55 bits per heavy atom. The molecular weight excluding hydrogens is 149 g/mol. The first-order chi connectivity index (χ1) is 5.16.